The largest absolute Gasteiger partial charge is 0.462 e. The topological polar surface area (TPSA) is 61.8 Å². The van der Waals surface area contributed by atoms with Crippen molar-refractivity contribution in [1.29, 1.82) is 0 Å². The summed E-state index contributed by atoms with van der Waals surface area (Å²) in [6, 6.07) is 0. The van der Waals surface area contributed by atoms with Crippen LogP contribution in [0.4, 0.5) is 0 Å². The monoisotopic (exact) mass is 899 g/mol. The number of esters is 2. The average molecular weight is 900 g/mol. The lowest BCUT2D eigenvalue weighted by Gasteiger charge is -2.18. The highest BCUT2D eigenvalue weighted by atomic mass is 16.6. The highest BCUT2D eigenvalue weighted by molar-refractivity contribution is 5.70. The van der Waals surface area contributed by atoms with Crippen LogP contribution in [0.25, 0.3) is 0 Å². The van der Waals surface area contributed by atoms with Gasteiger partial charge in [-0.2, -0.15) is 0 Å². The van der Waals surface area contributed by atoms with Crippen molar-refractivity contribution in [2.45, 2.75) is 309 Å². The third-order valence-corrected chi connectivity index (χ3v) is 12.7. The second-order valence-corrected chi connectivity index (χ2v) is 19.2. The predicted molar refractivity (Wildman–Crippen MR) is 279 cm³/mol. The maximum atomic E-state index is 12.8. The van der Waals surface area contributed by atoms with Crippen molar-refractivity contribution < 1.29 is 23.8 Å². The van der Waals surface area contributed by atoms with Gasteiger partial charge in [0.25, 0.3) is 0 Å². The Kier molecular flexibility index (Phi) is 53.8. The second-order valence-electron chi connectivity index (χ2n) is 19.2. The molecule has 0 saturated heterocycles. The Morgan fingerprint density at radius 1 is 0.359 bits per heavy atom. The smallest absolute Gasteiger partial charge is 0.306 e. The van der Waals surface area contributed by atoms with Crippen LogP contribution in [-0.4, -0.2) is 37.9 Å². The molecule has 0 N–H and O–H groups in total. The van der Waals surface area contributed by atoms with Crippen LogP contribution in [0.15, 0.2) is 36.5 Å². The van der Waals surface area contributed by atoms with Gasteiger partial charge in [0.2, 0.25) is 0 Å². The van der Waals surface area contributed by atoms with E-state index >= 15 is 0 Å². The summed E-state index contributed by atoms with van der Waals surface area (Å²) in [6.45, 7) is 7.77. The van der Waals surface area contributed by atoms with Crippen molar-refractivity contribution in [3.8, 4) is 0 Å². The first kappa shape index (κ1) is 62.1. The summed E-state index contributed by atoms with van der Waals surface area (Å²) in [7, 11) is 0. The van der Waals surface area contributed by atoms with E-state index in [1.54, 1.807) is 0 Å². The molecule has 0 aliphatic rings. The van der Waals surface area contributed by atoms with Crippen LogP contribution in [0.3, 0.4) is 0 Å². The molecule has 1 atom stereocenters. The molecule has 0 saturated carbocycles. The van der Waals surface area contributed by atoms with E-state index in [0.717, 1.165) is 64.2 Å². The van der Waals surface area contributed by atoms with Gasteiger partial charge in [-0.25, -0.2) is 0 Å². The zero-order chi connectivity index (χ0) is 46.3. The standard InChI is InChI=1S/C59H110O5/c1-4-7-10-13-16-19-22-25-28-29-30-33-36-39-42-45-48-51-54-62-55-57(64-59(61)53-50-47-44-41-38-35-32-27-24-21-18-15-12-9-6-3)56-63-58(60)52-49-46-43-40-37-34-31-26-23-20-17-14-11-8-5-2/h8,11,17,20,26,31,57H,4-7,9-10,12-16,18-19,21-25,27-30,32-56H2,1-3H3/b11-8-,20-17-,31-26-. The first-order valence-corrected chi connectivity index (χ1v) is 28.5. The van der Waals surface area contributed by atoms with Gasteiger partial charge in [-0.05, 0) is 51.4 Å². The van der Waals surface area contributed by atoms with Gasteiger partial charge in [-0.15, -0.1) is 0 Å². The molecule has 0 bridgehead atoms. The van der Waals surface area contributed by atoms with E-state index in [0.29, 0.717) is 19.4 Å². The minimum atomic E-state index is -0.537. The number of carbonyl (C=O) groups is 2. The lowest BCUT2D eigenvalue weighted by Crippen LogP contribution is -2.30. The van der Waals surface area contributed by atoms with Gasteiger partial charge in [0.1, 0.15) is 6.61 Å². The minimum Gasteiger partial charge on any atom is -0.462 e. The number of hydrogen-bond acceptors (Lipinski definition) is 5. The number of unbranched alkanes of at least 4 members (excludes halogenated alkanes) is 36. The van der Waals surface area contributed by atoms with Gasteiger partial charge in [0.05, 0.1) is 6.61 Å². The van der Waals surface area contributed by atoms with Crippen LogP contribution in [0.5, 0.6) is 0 Å². The van der Waals surface area contributed by atoms with Gasteiger partial charge in [0.15, 0.2) is 6.10 Å². The Morgan fingerprint density at radius 2 is 0.703 bits per heavy atom. The Labute approximate surface area is 400 Å². The van der Waals surface area contributed by atoms with E-state index in [4.69, 9.17) is 14.2 Å². The molecule has 0 heterocycles. The number of rotatable bonds is 53. The maximum absolute atomic E-state index is 12.8. The fourth-order valence-electron chi connectivity index (χ4n) is 8.47. The third-order valence-electron chi connectivity index (χ3n) is 12.7. The van der Waals surface area contributed by atoms with Crippen LogP contribution in [-0.2, 0) is 23.8 Å². The molecule has 0 radical (unpaired) electrons. The molecule has 0 spiro atoms. The minimum absolute atomic E-state index is 0.0829. The van der Waals surface area contributed by atoms with Crippen LogP contribution in [0.1, 0.15) is 303 Å². The molecule has 0 aliphatic heterocycles. The number of carbonyl (C=O) groups excluding carboxylic acids is 2. The summed E-state index contributed by atoms with van der Waals surface area (Å²) >= 11 is 0. The van der Waals surface area contributed by atoms with Gasteiger partial charge >= 0.3 is 11.9 Å². The van der Waals surface area contributed by atoms with Crippen LogP contribution >= 0.6 is 0 Å². The van der Waals surface area contributed by atoms with E-state index < -0.39 is 6.10 Å². The molecule has 5 nitrogen and oxygen atoms in total. The van der Waals surface area contributed by atoms with Gasteiger partial charge < -0.3 is 14.2 Å². The highest BCUT2D eigenvalue weighted by Gasteiger charge is 2.17. The molecule has 0 amide bonds. The fraction of sp³-hybridized carbons (Fsp3) is 0.864. The van der Waals surface area contributed by atoms with Crippen LogP contribution in [0, 0.1) is 0 Å². The van der Waals surface area contributed by atoms with E-state index in [-0.39, 0.29) is 25.2 Å². The van der Waals surface area contributed by atoms with E-state index in [1.165, 1.54) is 205 Å². The molecule has 0 aromatic carbocycles. The second kappa shape index (κ2) is 55.4. The quantitative estimate of drug-likeness (QED) is 0.0346. The molecular formula is C59H110O5. The zero-order valence-corrected chi connectivity index (χ0v) is 43.3. The van der Waals surface area contributed by atoms with E-state index in [9.17, 15) is 9.59 Å². The normalized spacial score (nSPS) is 12.4. The SMILES string of the molecule is CC/C=C\C/C=C\C/C=C\CCCCCCCC(=O)OCC(COCCCCCCCCCCCCCCCCCCCC)OC(=O)CCCCCCCCCCCCCCCCC. The van der Waals surface area contributed by atoms with Crippen molar-refractivity contribution >= 4 is 11.9 Å². The molecule has 0 aromatic rings. The molecule has 64 heavy (non-hydrogen) atoms. The summed E-state index contributed by atoms with van der Waals surface area (Å²) in [5.41, 5.74) is 0. The Morgan fingerprint density at radius 3 is 1.12 bits per heavy atom. The maximum Gasteiger partial charge on any atom is 0.306 e. The van der Waals surface area contributed by atoms with Crippen molar-refractivity contribution in [2.75, 3.05) is 19.8 Å². The highest BCUT2D eigenvalue weighted by Crippen LogP contribution is 2.17. The molecule has 0 rings (SSSR count). The molecule has 1 unspecified atom stereocenters. The van der Waals surface area contributed by atoms with Gasteiger partial charge in [-0.1, -0.05) is 276 Å². The van der Waals surface area contributed by atoms with Crippen LogP contribution in [0.2, 0.25) is 0 Å². The lowest BCUT2D eigenvalue weighted by atomic mass is 10.0. The van der Waals surface area contributed by atoms with Gasteiger partial charge in [-0.3, -0.25) is 9.59 Å². The molecule has 0 aromatic heterocycles. The molecule has 0 fully saturated rings. The first-order valence-electron chi connectivity index (χ1n) is 28.5. The van der Waals surface area contributed by atoms with Crippen LogP contribution < -0.4 is 0 Å². The molecule has 376 valence electrons. The van der Waals surface area contributed by atoms with Gasteiger partial charge in [0, 0.05) is 19.4 Å². The van der Waals surface area contributed by atoms with Crippen molar-refractivity contribution in [3.63, 3.8) is 0 Å². The van der Waals surface area contributed by atoms with E-state index in [2.05, 4.69) is 57.2 Å². The van der Waals surface area contributed by atoms with Crippen molar-refractivity contribution in [2.24, 2.45) is 0 Å². The van der Waals surface area contributed by atoms with Crippen molar-refractivity contribution in [1.82, 2.24) is 0 Å². The fourth-order valence-corrected chi connectivity index (χ4v) is 8.47. The molecular weight excluding hydrogens is 789 g/mol. The number of hydrogen-bond donors (Lipinski definition) is 0. The Hall–Kier alpha value is -1.88. The summed E-state index contributed by atoms with van der Waals surface area (Å²) in [5, 5.41) is 0. The summed E-state index contributed by atoms with van der Waals surface area (Å²) in [4.78, 5) is 25.5. The predicted octanol–water partition coefficient (Wildman–Crippen LogP) is 19.4. The number of allylic oxidation sites excluding steroid dienone is 6. The summed E-state index contributed by atoms with van der Waals surface area (Å²) < 4.78 is 17.5. The average Bonchev–Trinajstić information content (AvgIpc) is 3.30. The summed E-state index contributed by atoms with van der Waals surface area (Å²) in [5.74, 6) is -0.396. The Balaban J connectivity index is 4.23. The summed E-state index contributed by atoms with van der Waals surface area (Å²) in [6.07, 6.45) is 67.3. The molecule has 5 heteroatoms. The Bertz CT molecular complexity index is 1020. The van der Waals surface area contributed by atoms with Crippen molar-refractivity contribution in [3.05, 3.63) is 36.5 Å². The third kappa shape index (κ3) is 52.7. The number of ether oxygens (including phenoxy) is 3. The lowest BCUT2D eigenvalue weighted by molar-refractivity contribution is -0.163. The molecule has 0 aliphatic carbocycles. The van der Waals surface area contributed by atoms with E-state index in [1.807, 2.05) is 0 Å². The zero-order valence-electron chi connectivity index (χ0n) is 43.3. The first-order chi connectivity index (χ1) is 31.6.